The number of benzene rings is 1. The topological polar surface area (TPSA) is 87.1 Å². The SMILES string of the molecule is O=C(C1=NN([C@@H]2CCS(=O)(=O)C2)C(=O)CC1)N1CCc2ccccc21. The van der Waals surface area contributed by atoms with Crippen LogP contribution in [-0.2, 0) is 25.8 Å². The second-order valence-electron chi connectivity index (χ2n) is 6.68. The highest BCUT2D eigenvalue weighted by molar-refractivity contribution is 7.91. The fourth-order valence-electron chi connectivity index (χ4n) is 3.68. The second-order valence-corrected chi connectivity index (χ2v) is 8.91. The summed E-state index contributed by atoms with van der Waals surface area (Å²) in [6.07, 6.45) is 1.67. The predicted molar refractivity (Wildman–Crippen MR) is 93.1 cm³/mol. The van der Waals surface area contributed by atoms with Gasteiger partial charge in [-0.2, -0.15) is 5.10 Å². The molecule has 0 spiro atoms. The molecule has 7 nitrogen and oxygen atoms in total. The minimum atomic E-state index is -3.12. The number of hydrogen-bond donors (Lipinski definition) is 0. The molecule has 0 aromatic heterocycles. The molecule has 0 saturated carbocycles. The van der Waals surface area contributed by atoms with Gasteiger partial charge in [-0.15, -0.1) is 0 Å². The number of carbonyl (C=O) groups excluding carboxylic acids is 2. The number of rotatable bonds is 2. The van der Waals surface area contributed by atoms with E-state index in [-0.39, 0.29) is 29.7 Å². The van der Waals surface area contributed by atoms with E-state index in [4.69, 9.17) is 0 Å². The van der Waals surface area contributed by atoms with Crippen molar-refractivity contribution >= 4 is 33.1 Å². The lowest BCUT2D eigenvalue weighted by Gasteiger charge is -2.29. The summed E-state index contributed by atoms with van der Waals surface area (Å²) in [5.41, 5.74) is 2.35. The highest BCUT2D eigenvalue weighted by Gasteiger charge is 2.38. The minimum absolute atomic E-state index is 0.0692. The number of nitrogens with zero attached hydrogens (tertiary/aromatic N) is 3. The molecule has 2 amide bonds. The maximum Gasteiger partial charge on any atom is 0.274 e. The molecule has 1 aromatic carbocycles. The third-order valence-electron chi connectivity index (χ3n) is 4.99. The zero-order valence-electron chi connectivity index (χ0n) is 13.7. The summed E-state index contributed by atoms with van der Waals surface area (Å²) >= 11 is 0. The van der Waals surface area contributed by atoms with Gasteiger partial charge in [0, 0.05) is 25.1 Å². The van der Waals surface area contributed by atoms with E-state index in [1.54, 1.807) is 4.90 Å². The third-order valence-corrected chi connectivity index (χ3v) is 6.74. The van der Waals surface area contributed by atoms with E-state index in [1.807, 2.05) is 24.3 Å². The molecule has 0 N–H and O–H groups in total. The molecule has 0 aliphatic carbocycles. The molecule has 3 aliphatic heterocycles. The fourth-order valence-corrected chi connectivity index (χ4v) is 5.38. The summed E-state index contributed by atoms with van der Waals surface area (Å²) in [7, 11) is -3.12. The number of amides is 2. The van der Waals surface area contributed by atoms with Crippen LogP contribution in [0.3, 0.4) is 0 Å². The summed E-state index contributed by atoms with van der Waals surface area (Å²) in [6, 6.07) is 7.31. The van der Waals surface area contributed by atoms with Crippen LogP contribution in [-0.4, -0.2) is 55.0 Å². The molecule has 1 saturated heterocycles. The van der Waals surface area contributed by atoms with Gasteiger partial charge in [0.15, 0.2) is 9.84 Å². The van der Waals surface area contributed by atoms with Gasteiger partial charge in [0.05, 0.1) is 17.5 Å². The van der Waals surface area contributed by atoms with Crippen LogP contribution in [0.15, 0.2) is 29.4 Å². The molecule has 1 atom stereocenters. The molecular weight excluding hydrogens is 342 g/mol. The summed E-state index contributed by atoms with van der Waals surface area (Å²) in [4.78, 5) is 26.8. The van der Waals surface area contributed by atoms with Gasteiger partial charge in [-0.05, 0) is 24.5 Å². The fraction of sp³-hybridized carbons (Fsp3) is 0.471. The van der Waals surface area contributed by atoms with Crippen LogP contribution in [0.25, 0.3) is 0 Å². The summed E-state index contributed by atoms with van der Waals surface area (Å²) < 4.78 is 23.4. The lowest BCUT2D eigenvalue weighted by atomic mass is 10.1. The Bertz CT molecular complexity index is 878. The van der Waals surface area contributed by atoms with Crippen LogP contribution in [0.5, 0.6) is 0 Å². The average Bonchev–Trinajstić information content (AvgIpc) is 3.18. The highest BCUT2D eigenvalue weighted by Crippen LogP contribution is 2.29. The first-order valence-electron chi connectivity index (χ1n) is 8.44. The average molecular weight is 361 g/mol. The van der Waals surface area contributed by atoms with Crippen molar-refractivity contribution in [2.24, 2.45) is 5.10 Å². The molecule has 25 heavy (non-hydrogen) atoms. The standard InChI is InChI=1S/C17H19N3O4S/c21-16-6-5-14(18-20(16)13-8-10-25(23,24)11-13)17(22)19-9-7-12-3-1-2-4-15(12)19/h1-4,13H,5-11H2/t13-/m1/s1. The van der Waals surface area contributed by atoms with Crippen molar-refractivity contribution in [2.45, 2.75) is 31.7 Å². The Balaban J connectivity index is 1.59. The van der Waals surface area contributed by atoms with Crippen molar-refractivity contribution in [3.05, 3.63) is 29.8 Å². The predicted octanol–water partition coefficient (Wildman–Crippen LogP) is 0.741. The highest BCUT2D eigenvalue weighted by atomic mass is 32.2. The number of carbonyl (C=O) groups is 2. The van der Waals surface area contributed by atoms with Crippen LogP contribution < -0.4 is 4.90 Å². The third kappa shape index (κ3) is 2.95. The van der Waals surface area contributed by atoms with Crippen LogP contribution in [0, 0.1) is 0 Å². The monoisotopic (exact) mass is 361 g/mol. The van der Waals surface area contributed by atoms with Crippen molar-refractivity contribution in [1.29, 1.82) is 0 Å². The molecular formula is C17H19N3O4S. The van der Waals surface area contributed by atoms with Gasteiger partial charge in [-0.25, -0.2) is 13.4 Å². The molecule has 3 heterocycles. The van der Waals surface area contributed by atoms with Crippen molar-refractivity contribution in [1.82, 2.24) is 5.01 Å². The first kappa shape index (κ1) is 16.3. The lowest BCUT2D eigenvalue weighted by Crippen LogP contribution is -2.44. The quantitative estimate of drug-likeness (QED) is 0.777. The number of hydrogen-bond acceptors (Lipinski definition) is 5. The molecule has 0 bridgehead atoms. The Labute approximate surface area is 146 Å². The van der Waals surface area contributed by atoms with Gasteiger partial charge < -0.3 is 4.90 Å². The van der Waals surface area contributed by atoms with Crippen molar-refractivity contribution < 1.29 is 18.0 Å². The minimum Gasteiger partial charge on any atom is -0.307 e. The van der Waals surface area contributed by atoms with Gasteiger partial charge in [-0.3, -0.25) is 9.59 Å². The molecule has 132 valence electrons. The molecule has 0 unspecified atom stereocenters. The first-order valence-corrected chi connectivity index (χ1v) is 10.3. The molecule has 4 rings (SSSR count). The van der Waals surface area contributed by atoms with Crippen LogP contribution in [0.4, 0.5) is 5.69 Å². The van der Waals surface area contributed by atoms with Crippen LogP contribution in [0.1, 0.15) is 24.8 Å². The van der Waals surface area contributed by atoms with Gasteiger partial charge in [0.2, 0.25) is 5.91 Å². The lowest BCUT2D eigenvalue weighted by molar-refractivity contribution is -0.133. The number of sulfone groups is 1. The van der Waals surface area contributed by atoms with Gasteiger partial charge in [0.25, 0.3) is 5.91 Å². The molecule has 1 aromatic rings. The Kier molecular flexibility index (Phi) is 3.87. The number of para-hydroxylation sites is 1. The zero-order valence-corrected chi connectivity index (χ0v) is 14.5. The summed E-state index contributed by atoms with van der Waals surface area (Å²) in [5, 5.41) is 5.51. The Hall–Kier alpha value is -2.22. The van der Waals surface area contributed by atoms with E-state index in [0.29, 0.717) is 25.1 Å². The molecule has 8 heteroatoms. The summed E-state index contributed by atoms with van der Waals surface area (Å²) in [6.45, 7) is 0.600. The van der Waals surface area contributed by atoms with E-state index < -0.39 is 15.9 Å². The Morgan fingerprint density at radius 1 is 1.16 bits per heavy atom. The summed E-state index contributed by atoms with van der Waals surface area (Å²) in [5.74, 6) is -0.403. The van der Waals surface area contributed by atoms with E-state index >= 15 is 0 Å². The van der Waals surface area contributed by atoms with E-state index in [0.717, 1.165) is 17.7 Å². The van der Waals surface area contributed by atoms with Gasteiger partial charge in [-0.1, -0.05) is 18.2 Å². The van der Waals surface area contributed by atoms with Crippen molar-refractivity contribution in [3.8, 4) is 0 Å². The normalized spacial score (nSPS) is 25.0. The number of fused-ring (bicyclic) bond motifs is 1. The number of hydrazone groups is 1. The second kappa shape index (κ2) is 5.94. The van der Waals surface area contributed by atoms with Gasteiger partial charge >= 0.3 is 0 Å². The first-order chi connectivity index (χ1) is 11.9. The van der Waals surface area contributed by atoms with Gasteiger partial charge in [0.1, 0.15) is 5.71 Å². The largest absolute Gasteiger partial charge is 0.307 e. The van der Waals surface area contributed by atoms with Crippen LogP contribution >= 0.6 is 0 Å². The number of anilines is 1. The Morgan fingerprint density at radius 3 is 2.72 bits per heavy atom. The molecule has 3 aliphatic rings. The Morgan fingerprint density at radius 2 is 1.96 bits per heavy atom. The van der Waals surface area contributed by atoms with Crippen molar-refractivity contribution in [3.63, 3.8) is 0 Å². The molecule has 1 fully saturated rings. The maximum atomic E-state index is 12.9. The van der Waals surface area contributed by atoms with Crippen LogP contribution in [0.2, 0.25) is 0 Å². The van der Waals surface area contributed by atoms with E-state index in [2.05, 4.69) is 5.10 Å². The zero-order chi connectivity index (χ0) is 17.6. The van der Waals surface area contributed by atoms with Crippen molar-refractivity contribution in [2.75, 3.05) is 23.0 Å². The van der Waals surface area contributed by atoms with E-state index in [1.165, 1.54) is 5.01 Å². The molecule has 0 radical (unpaired) electrons. The van der Waals surface area contributed by atoms with E-state index in [9.17, 15) is 18.0 Å². The smallest absolute Gasteiger partial charge is 0.274 e. The maximum absolute atomic E-state index is 12.9.